The number of ether oxygens (including phenoxy) is 12. The Hall–Kier alpha value is -4.86. The number of rotatable bonds is 58. The molecule has 32 N–H and O–H groups in total. The van der Waals surface area contributed by atoms with Crippen LogP contribution in [0.5, 0.6) is 0 Å². The average molecular weight is 2080 g/mol. The number of hydroxylamine groups is 4. The second kappa shape index (κ2) is 54.7. The summed E-state index contributed by atoms with van der Waals surface area (Å²) in [4.78, 5) is 102. The fourth-order valence-electron chi connectivity index (χ4n) is 20.1. The quantitative estimate of drug-likeness (QED) is 0.0252. The van der Waals surface area contributed by atoms with E-state index in [1.54, 1.807) is 83.1 Å². The number of carbonyl (C=O) groups is 6. The van der Waals surface area contributed by atoms with Crippen LogP contribution in [0.2, 0.25) is 0 Å². The molecule has 6 heterocycles. The van der Waals surface area contributed by atoms with Gasteiger partial charge in [0, 0.05) is 63.9 Å². The van der Waals surface area contributed by atoms with E-state index in [4.69, 9.17) is 78.9 Å². The largest absolute Gasteiger partial charge is 0.477 e. The predicted octanol–water partition coefficient (Wildman–Crippen LogP) is -8.49. The normalized spacial score (nSPS) is 35.8. The zero-order valence-corrected chi connectivity index (χ0v) is 82.6. The van der Waals surface area contributed by atoms with Gasteiger partial charge in [-0.25, -0.2) is 28.8 Å². The smallest absolute Gasteiger partial charge is 0.364 e. The lowest BCUT2D eigenvalue weighted by atomic mass is 9.63. The van der Waals surface area contributed by atoms with Crippen LogP contribution in [0.4, 0.5) is 0 Å². The molecule has 142 heavy (non-hydrogen) atoms. The molecule has 54 nitrogen and oxygen atoms in total. The first kappa shape index (κ1) is 124. The summed E-state index contributed by atoms with van der Waals surface area (Å²) in [6, 6.07) is -5.98. The SMILES string of the molecule is [2H]CC(O)C(O)C1OC(OC(COC2(C(=O)O)CC(O)C(NOCC)C(C(O)C(O)CO)O2)C(C)(COC2(C(=O)O)CC(O)C(NOCC)C(C(O)C(O)CO)O2)C(C(C)C)C(C)C)(C(=O)O)CC(O)C1C.[2H]CC(O)C(O)C1OC(OCC(C)(C(COC2(C(=O)O)CC(O)C(NOCC)C(C(O)C(O)CO)O2)OC2(C(=O)O)CC(O)C(NOCC)C(C(O)C(O)CO)O2)C(C(C)C)C(C)C)(C(=O)O)CC(O)C1C. The summed E-state index contributed by atoms with van der Waals surface area (Å²) in [5, 5.41) is 304. The van der Waals surface area contributed by atoms with Crippen molar-refractivity contribution in [3.63, 3.8) is 0 Å². The summed E-state index contributed by atoms with van der Waals surface area (Å²) in [5.41, 5.74) is 5.88. The van der Waals surface area contributed by atoms with E-state index in [1.807, 2.05) is 0 Å². The molecule has 0 radical (unpaired) electrons. The third-order valence-corrected chi connectivity index (χ3v) is 27.4. The molecular weight excluding hydrogens is 1910 g/mol. The van der Waals surface area contributed by atoms with Gasteiger partial charge in [0.05, 0.1) is 177 Å². The highest BCUT2D eigenvalue weighted by Gasteiger charge is 2.67. The second-order valence-corrected chi connectivity index (χ2v) is 39.0. The lowest BCUT2D eigenvalue weighted by Gasteiger charge is -2.53. The topological polar surface area (TPSA) is 865 Å². The molecule has 40 unspecified atom stereocenters. The average Bonchev–Trinajstić information content (AvgIpc) is 0.786. The molecule has 0 aliphatic carbocycles. The monoisotopic (exact) mass is 2080 g/mol. The molecule has 6 rings (SSSR count). The van der Waals surface area contributed by atoms with Crippen molar-refractivity contribution in [1.29, 1.82) is 0 Å². The molecule has 0 aromatic heterocycles. The molecule has 0 aromatic rings. The molecule has 0 spiro atoms. The van der Waals surface area contributed by atoms with Crippen molar-refractivity contribution in [2.75, 3.05) is 79.3 Å². The molecule has 6 aliphatic heterocycles. The van der Waals surface area contributed by atoms with Gasteiger partial charge in [0.2, 0.25) is 0 Å². The predicted molar refractivity (Wildman–Crippen MR) is 476 cm³/mol. The van der Waals surface area contributed by atoms with Gasteiger partial charge in [-0.2, -0.15) is 21.9 Å². The molecule has 0 saturated carbocycles. The van der Waals surface area contributed by atoms with E-state index in [0.29, 0.717) is 0 Å². The number of aliphatic carboxylic acids is 6. The molecule has 6 fully saturated rings. The summed E-state index contributed by atoms with van der Waals surface area (Å²) < 4.78 is 88.9. The van der Waals surface area contributed by atoms with Crippen molar-refractivity contribution in [3.8, 4) is 0 Å². The lowest BCUT2D eigenvalue weighted by molar-refractivity contribution is -0.365. The third-order valence-electron chi connectivity index (χ3n) is 27.4. The Morgan fingerprint density at radius 2 is 0.542 bits per heavy atom. The minimum absolute atomic E-state index is 0.00542. The van der Waals surface area contributed by atoms with Crippen LogP contribution in [-0.4, -0.2) is 476 Å². The van der Waals surface area contributed by atoms with Gasteiger partial charge < -0.3 is 219 Å². The summed E-state index contributed by atoms with van der Waals surface area (Å²) in [7, 11) is 0. The van der Waals surface area contributed by atoms with E-state index in [-0.39, 0.29) is 26.4 Å². The van der Waals surface area contributed by atoms with E-state index in [0.717, 1.165) is 0 Å². The fourth-order valence-corrected chi connectivity index (χ4v) is 20.1. The highest BCUT2D eigenvalue weighted by molar-refractivity contribution is 5.78. The van der Waals surface area contributed by atoms with Crippen LogP contribution in [0.25, 0.3) is 0 Å². The van der Waals surface area contributed by atoms with Gasteiger partial charge in [-0.05, 0) is 77.0 Å². The van der Waals surface area contributed by atoms with Gasteiger partial charge in [0.15, 0.2) is 0 Å². The molecule has 40 atom stereocenters. The Kier molecular flexibility index (Phi) is 47.8. The van der Waals surface area contributed by atoms with E-state index in [2.05, 4.69) is 21.9 Å². The van der Waals surface area contributed by atoms with Crippen LogP contribution in [0, 0.1) is 58.2 Å². The van der Waals surface area contributed by atoms with Crippen molar-refractivity contribution in [2.45, 2.75) is 381 Å². The summed E-state index contributed by atoms with van der Waals surface area (Å²) >= 11 is 0. The molecule has 54 heteroatoms. The Balaban J connectivity index is 0.000000507. The highest BCUT2D eigenvalue weighted by atomic mass is 16.8. The van der Waals surface area contributed by atoms with Crippen LogP contribution in [0.15, 0.2) is 0 Å². The van der Waals surface area contributed by atoms with Crippen LogP contribution in [0.3, 0.4) is 0 Å². The maximum absolute atomic E-state index is 13.8. The van der Waals surface area contributed by atoms with Gasteiger partial charge in [0.1, 0.15) is 85.5 Å². The number of hydrogen-bond donors (Lipinski definition) is 32. The molecule has 6 aliphatic rings. The first-order chi connectivity index (χ1) is 67.1. The Labute approximate surface area is 823 Å². The maximum Gasteiger partial charge on any atom is 0.364 e. The number of hydrogen-bond acceptors (Lipinski definition) is 48. The minimum Gasteiger partial charge on any atom is -0.477 e. The van der Waals surface area contributed by atoms with Crippen molar-refractivity contribution in [1.82, 2.24) is 21.9 Å². The first-order valence-corrected chi connectivity index (χ1v) is 47.2. The zero-order chi connectivity index (χ0) is 110. The molecular formula is C88H160N4O50. The molecule has 832 valence electrons. The van der Waals surface area contributed by atoms with E-state index < -0.39 is 417 Å². The summed E-state index contributed by atoms with van der Waals surface area (Å²) in [5.74, 6) is -35.8. The molecule has 0 aromatic carbocycles. The van der Waals surface area contributed by atoms with E-state index >= 15 is 0 Å². The molecule has 0 amide bonds. The second-order valence-electron chi connectivity index (χ2n) is 39.0. The standard InChI is InChI=1S/2C44H80N2O25/c1-10-66-45-30-24(51)13-42(38(58)59,70-36(30)33(56)26(53)15-47)64-17-28(68-44(40(62)63)12-23(50)21(7)35(69-44)32(55)22(8)49)41(9,29(19(3)4)20(5)6)18-65-43(39(60)61)14-25(52)31(46-67-11-2)37(71-43)34(57)27(54)16-48;1-10-66-45-30-24(51)13-42(38(58)59,70-36(30)33(56)26(53)15-47)64-17-28(68-44(40(62)63)14-25(52)31(46-67-11-2)37(71-44)34(57)27(54)16-48)41(9,29(19(3)4)20(5)6)18-65-43(39(60)61)12-23(50)21(7)35(69-43)32(55)22(8)49/h2*19-37,45-57H,10-18H2,1-9H3,(H,58,59)(H,60,61)(H,62,63)/i2*8D. The van der Waals surface area contributed by atoms with Crippen LogP contribution in [-0.2, 0) is 105 Å². The van der Waals surface area contributed by atoms with Gasteiger partial charge in [-0.15, -0.1) is 0 Å². The number of carboxylic acid groups (broad SMARTS) is 6. The number of carboxylic acids is 6. The van der Waals surface area contributed by atoms with Gasteiger partial charge in [0.25, 0.3) is 34.7 Å². The van der Waals surface area contributed by atoms with Crippen LogP contribution < -0.4 is 21.9 Å². The highest BCUT2D eigenvalue weighted by Crippen LogP contribution is 2.53. The Morgan fingerprint density at radius 3 is 0.761 bits per heavy atom. The van der Waals surface area contributed by atoms with Crippen molar-refractivity contribution in [2.24, 2.45) is 58.2 Å². The number of aliphatic hydroxyl groups excluding tert-OH is 22. The van der Waals surface area contributed by atoms with Gasteiger partial charge in [-0.1, -0.05) is 83.1 Å². The minimum atomic E-state index is -3.16. The lowest BCUT2D eigenvalue weighted by Crippen LogP contribution is -2.69. The van der Waals surface area contributed by atoms with Crippen LogP contribution >= 0.6 is 0 Å². The maximum atomic E-state index is 13.8. The third kappa shape index (κ3) is 29.5. The Bertz CT molecular complexity index is 3860. The van der Waals surface area contributed by atoms with E-state index in [1.165, 1.54) is 27.7 Å². The molecule has 6 saturated heterocycles. The van der Waals surface area contributed by atoms with Crippen molar-refractivity contribution in [3.05, 3.63) is 0 Å². The van der Waals surface area contributed by atoms with Crippen LogP contribution in [0.1, 0.15) is 166 Å². The number of nitrogens with one attached hydrogen (secondary N) is 4. The zero-order valence-electron chi connectivity index (χ0n) is 84.6. The van der Waals surface area contributed by atoms with E-state index in [9.17, 15) is 172 Å². The summed E-state index contributed by atoms with van der Waals surface area (Å²) in [6.07, 6.45) is -55.7. The van der Waals surface area contributed by atoms with Gasteiger partial charge >= 0.3 is 35.8 Å². The summed E-state index contributed by atoms with van der Waals surface area (Å²) in [6.45, 7) is 15.4. The fraction of sp³-hybridized carbons (Fsp3) is 0.932. The number of aliphatic hydroxyl groups is 22. The van der Waals surface area contributed by atoms with Crippen molar-refractivity contribution < 1.29 is 251 Å². The van der Waals surface area contributed by atoms with Gasteiger partial charge in [-0.3, -0.25) is 0 Å². The van der Waals surface area contributed by atoms with Crippen molar-refractivity contribution >= 4 is 35.8 Å². The first-order valence-electron chi connectivity index (χ1n) is 48.6. The molecule has 0 bridgehead atoms. The Morgan fingerprint density at radius 1 is 0.338 bits per heavy atom.